The van der Waals surface area contributed by atoms with Crippen molar-refractivity contribution in [1.29, 1.82) is 0 Å². The van der Waals surface area contributed by atoms with Gasteiger partial charge in [-0.25, -0.2) is 4.79 Å². The van der Waals surface area contributed by atoms with Crippen molar-refractivity contribution in [3.8, 4) is 0 Å². The van der Waals surface area contributed by atoms with Crippen molar-refractivity contribution in [3.63, 3.8) is 0 Å². The molecule has 0 aromatic carbocycles. The summed E-state index contributed by atoms with van der Waals surface area (Å²) < 4.78 is 10.5. The van der Waals surface area contributed by atoms with Crippen LogP contribution in [-0.4, -0.2) is 21.6 Å². The highest BCUT2D eigenvalue weighted by Gasteiger charge is 2.26. The normalized spacial score (nSPS) is 13.6. The molecule has 0 bridgehead atoms. The molecule has 0 spiro atoms. The largest absolute Gasteiger partial charge is 0.352 e. The molecule has 0 radical (unpaired) electrons. The van der Waals surface area contributed by atoms with Gasteiger partial charge in [0.1, 0.15) is 0 Å². The van der Waals surface area contributed by atoms with E-state index < -0.39 is 19.4 Å². The first-order valence-electron chi connectivity index (χ1n) is 2.61. The lowest BCUT2D eigenvalue weighted by molar-refractivity contribution is 0.247. The highest BCUT2D eigenvalue weighted by Crippen LogP contribution is 2.39. The molecule has 5 N–H and O–H groups in total. The van der Waals surface area contributed by atoms with E-state index in [1.807, 2.05) is 5.32 Å². The van der Waals surface area contributed by atoms with Crippen molar-refractivity contribution in [3.05, 3.63) is 12.7 Å². The van der Waals surface area contributed by atoms with Crippen molar-refractivity contribution in [2.24, 2.45) is 5.73 Å². The van der Waals surface area contributed by atoms with Crippen LogP contribution in [0.15, 0.2) is 12.7 Å². The molecule has 0 aromatic heterocycles. The molecule has 6 nitrogen and oxygen atoms in total. The van der Waals surface area contributed by atoms with Crippen LogP contribution in [0, 0.1) is 0 Å². The van der Waals surface area contributed by atoms with E-state index in [0.29, 0.717) is 0 Å². The number of urea groups is 1. The molecule has 0 rings (SSSR count). The zero-order valence-corrected chi connectivity index (χ0v) is 6.49. The topological polar surface area (TPSA) is 113 Å². The number of nitrogens with two attached hydrogens (primary N) is 1. The zero-order valence-electron chi connectivity index (χ0n) is 5.60. The molecule has 1 atom stereocenters. The minimum absolute atomic E-state index is 0.922. The number of hydrogen-bond donors (Lipinski definition) is 4. The molecule has 11 heavy (non-hydrogen) atoms. The fourth-order valence-corrected chi connectivity index (χ4v) is 0.996. The Morgan fingerprint density at radius 2 is 2.18 bits per heavy atom. The molecule has 1 unspecified atom stereocenters. The average molecular weight is 180 g/mol. The van der Waals surface area contributed by atoms with Crippen LogP contribution in [0.5, 0.6) is 0 Å². The Balaban J connectivity index is 4.31. The maximum absolute atomic E-state index is 10.5. The fraction of sp³-hybridized carbons (Fsp3) is 0.250. The van der Waals surface area contributed by atoms with E-state index in [1.165, 1.54) is 0 Å². The van der Waals surface area contributed by atoms with Crippen LogP contribution in [0.2, 0.25) is 0 Å². The van der Waals surface area contributed by atoms with Gasteiger partial charge < -0.3 is 20.8 Å². The molecule has 0 fully saturated rings. The summed E-state index contributed by atoms with van der Waals surface area (Å²) in [4.78, 5) is 27.1. The van der Waals surface area contributed by atoms with Crippen LogP contribution in [0.4, 0.5) is 4.79 Å². The Kier molecular flexibility index (Phi) is 3.25. The maximum Gasteiger partial charge on any atom is 0.351 e. The number of primary amides is 1. The number of amides is 2. The van der Waals surface area contributed by atoms with Crippen LogP contribution in [-0.2, 0) is 4.57 Å². The number of hydrogen-bond acceptors (Lipinski definition) is 2. The van der Waals surface area contributed by atoms with Gasteiger partial charge in [0.05, 0.1) is 0 Å². The lowest BCUT2D eigenvalue weighted by atomic mass is 10.6. The summed E-state index contributed by atoms with van der Waals surface area (Å²) in [5.41, 5.74) is 4.62. The monoisotopic (exact) mass is 180 g/mol. The number of rotatable bonds is 3. The van der Waals surface area contributed by atoms with E-state index in [-0.39, 0.29) is 0 Å². The van der Waals surface area contributed by atoms with Crippen LogP contribution < -0.4 is 11.1 Å². The van der Waals surface area contributed by atoms with Crippen molar-refractivity contribution in [2.45, 2.75) is 5.78 Å². The number of nitrogens with one attached hydrogen (secondary N) is 1. The third-order valence-corrected chi connectivity index (χ3v) is 1.94. The summed E-state index contributed by atoms with van der Waals surface area (Å²) in [5, 5.41) is 1.83. The Hall–Kier alpha value is -0.840. The Morgan fingerprint density at radius 1 is 1.73 bits per heavy atom. The SMILES string of the molecule is C=CC(NC(N)=O)P(=O)(O)O. The van der Waals surface area contributed by atoms with Crippen LogP contribution in [0.1, 0.15) is 0 Å². The Morgan fingerprint density at radius 3 is 2.27 bits per heavy atom. The molecule has 0 saturated carbocycles. The average Bonchev–Trinajstić information content (AvgIpc) is 1.79. The molecule has 0 aliphatic carbocycles. The first-order valence-corrected chi connectivity index (χ1v) is 4.30. The van der Waals surface area contributed by atoms with Gasteiger partial charge in [-0.15, -0.1) is 6.58 Å². The molecule has 0 aromatic rings. The van der Waals surface area contributed by atoms with Crippen LogP contribution in [0.3, 0.4) is 0 Å². The summed E-state index contributed by atoms with van der Waals surface area (Å²) >= 11 is 0. The van der Waals surface area contributed by atoms with E-state index in [9.17, 15) is 9.36 Å². The molecular weight excluding hydrogens is 171 g/mol. The van der Waals surface area contributed by atoms with Crippen molar-refractivity contribution in [2.75, 3.05) is 0 Å². The highest BCUT2D eigenvalue weighted by molar-refractivity contribution is 7.52. The molecule has 0 aliphatic heterocycles. The second-order valence-electron chi connectivity index (χ2n) is 1.78. The van der Waals surface area contributed by atoms with E-state index in [0.717, 1.165) is 6.08 Å². The molecule has 0 saturated heterocycles. The van der Waals surface area contributed by atoms with Crippen LogP contribution >= 0.6 is 7.60 Å². The highest BCUT2D eigenvalue weighted by atomic mass is 31.2. The third kappa shape index (κ3) is 3.77. The predicted molar refractivity (Wildman–Crippen MR) is 38.7 cm³/mol. The van der Waals surface area contributed by atoms with Crippen molar-refractivity contribution >= 4 is 13.6 Å². The molecule has 64 valence electrons. The summed E-state index contributed by atoms with van der Waals surface area (Å²) in [6.07, 6.45) is 0.922. The predicted octanol–water partition coefficient (Wildman–Crippen LogP) is -0.655. The summed E-state index contributed by atoms with van der Waals surface area (Å²) in [7, 11) is -4.36. The standard InChI is InChI=1S/C4H9N2O4P/c1-2-3(6-4(5)7)11(8,9)10/h2-3H,1H2,(H3,5,6,7)(H2,8,9,10). The third-order valence-electron chi connectivity index (χ3n) is 0.876. The van der Waals surface area contributed by atoms with Gasteiger partial charge >= 0.3 is 13.6 Å². The molecule has 0 aliphatic rings. The maximum atomic E-state index is 10.5. The lowest BCUT2D eigenvalue weighted by Crippen LogP contribution is -2.37. The van der Waals surface area contributed by atoms with Gasteiger partial charge in [-0.2, -0.15) is 0 Å². The Bertz CT molecular complexity index is 210. The second kappa shape index (κ2) is 3.52. The quantitative estimate of drug-likeness (QED) is 0.341. The Labute approximate surface area is 63.2 Å². The van der Waals surface area contributed by atoms with Crippen molar-refractivity contribution < 1.29 is 19.1 Å². The molecule has 7 heteroatoms. The molecule has 0 heterocycles. The van der Waals surface area contributed by atoms with Gasteiger partial charge in [0.2, 0.25) is 0 Å². The summed E-state index contributed by atoms with van der Waals surface area (Å²) in [6, 6.07) is -1.00. The first kappa shape index (κ1) is 10.2. The minimum Gasteiger partial charge on any atom is -0.352 e. The van der Waals surface area contributed by atoms with Crippen molar-refractivity contribution in [1.82, 2.24) is 5.32 Å². The first-order chi connectivity index (χ1) is 4.88. The number of carbonyl (C=O) groups excluding carboxylic acids is 1. The van der Waals surface area contributed by atoms with E-state index in [2.05, 4.69) is 12.3 Å². The summed E-state index contributed by atoms with van der Waals surface area (Å²) in [5.74, 6) is -1.40. The molecular formula is C4H9N2O4P. The van der Waals surface area contributed by atoms with Gasteiger partial charge in [-0.3, -0.25) is 4.57 Å². The van der Waals surface area contributed by atoms with Gasteiger partial charge in [0.25, 0.3) is 0 Å². The van der Waals surface area contributed by atoms with Gasteiger partial charge in [-0.05, 0) is 0 Å². The second-order valence-corrected chi connectivity index (χ2v) is 3.51. The zero-order chi connectivity index (χ0) is 9.07. The number of carbonyl (C=O) groups is 1. The summed E-state index contributed by atoms with van der Waals surface area (Å²) in [6.45, 7) is 3.12. The smallest absolute Gasteiger partial charge is 0.351 e. The van der Waals surface area contributed by atoms with Gasteiger partial charge in [-0.1, -0.05) is 6.08 Å². The van der Waals surface area contributed by atoms with E-state index >= 15 is 0 Å². The van der Waals surface area contributed by atoms with Gasteiger partial charge in [0.15, 0.2) is 5.78 Å². The van der Waals surface area contributed by atoms with E-state index in [4.69, 9.17) is 9.79 Å². The van der Waals surface area contributed by atoms with E-state index in [1.54, 1.807) is 0 Å². The van der Waals surface area contributed by atoms with Crippen LogP contribution in [0.25, 0.3) is 0 Å². The fourth-order valence-electron chi connectivity index (χ4n) is 0.426. The minimum atomic E-state index is -4.36. The lowest BCUT2D eigenvalue weighted by Gasteiger charge is -2.13. The van der Waals surface area contributed by atoms with Gasteiger partial charge in [0, 0.05) is 0 Å². The molecule has 2 amide bonds.